The summed E-state index contributed by atoms with van der Waals surface area (Å²) in [5.74, 6) is 0.756. The van der Waals surface area contributed by atoms with Crippen LogP contribution in [0.1, 0.15) is 12.8 Å². The summed E-state index contributed by atoms with van der Waals surface area (Å²) in [7, 11) is -0.739. The van der Waals surface area contributed by atoms with Gasteiger partial charge in [0.15, 0.2) is 10.7 Å². The molecular weight excluding hydrogens is 202 g/mol. The number of allylic oxidation sites excluding steroid dienone is 1. The molecule has 0 aromatic carbocycles. The number of nitrogens with one attached hydrogen (secondary N) is 1. The Bertz CT molecular complexity index is 313. The molecule has 1 saturated heterocycles. The van der Waals surface area contributed by atoms with Gasteiger partial charge in [-0.1, -0.05) is 0 Å². The summed E-state index contributed by atoms with van der Waals surface area (Å²) < 4.78 is 0. The predicted octanol–water partition coefficient (Wildman–Crippen LogP) is 0.501. The van der Waals surface area contributed by atoms with Gasteiger partial charge >= 0.3 is 5.30 Å². The highest BCUT2D eigenvalue weighted by molar-refractivity contribution is 8.13. The molecule has 1 heterocycles. The molecule has 1 fully saturated rings. The van der Waals surface area contributed by atoms with Gasteiger partial charge in [-0.15, -0.1) is 0 Å². The fraction of sp³-hybridized carbons (Fsp3) is 0.556. The van der Waals surface area contributed by atoms with Crippen LogP contribution in [0, 0.1) is 0 Å². The quantitative estimate of drug-likeness (QED) is 0.576. The Hall–Kier alpha value is -0.810. The Labute approximate surface area is 84.7 Å². The number of carboxylic acid groups (broad SMARTS) is 1. The lowest BCUT2D eigenvalue weighted by Gasteiger charge is -2.25. The number of carbonyl (C=O) groups excluding carboxylic acids is 1. The summed E-state index contributed by atoms with van der Waals surface area (Å²) >= 11 is 0. The van der Waals surface area contributed by atoms with Crippen LogP contribution >= 0.6 is 0 Å². The van der Waals surface area contributed by atoms with Crippen molar-refractivity contribution >= 4 is 22.0 Å². The second-order valence-electron chi connectivity index (χ2n) is 3.36. The SMILES string of the molecule is O=C1CCC=C2C1NCC[S+]2C(=O)O. The van der Waals surface area contributed by atoms with Crippen molar-refractivity contribution in [3.05, 3.63) is 11.0 Å². The highest BCUT2D eigenvalue weighted by Gasteiger charge is 2.45. The first-order valence-electron chi connectivity index (χ1n) is 4.60. The molecule has 0 aromatic rings. The number of carbonyl (C=O) groups is 2. The third kappa shape index (κ3) is 1.57. The Balaban J connectivity index is 2.27. The van der Waals surface area contributed by atoms with Crippen LogP contribution in [0.3, 0.4) is 0 Å². The lowest BCUT2D eigenvalue weighted by atomic mass is 10.0. The number of rotatable bonds is 0. The van der Waals surface area contributed by atoms with E-state index in [4.69, 9.17) is 5.11 Å². The highest BCUT2D eigenvalue weighted by Crippen LogP contribution is 2.26. The monoisotopic (exact) mass is 214 g/mol. The van der Waals surface area contributed by atoms with Gasteiger partial charge in [-0.25, -0.2) is 0 Å². The van der Waals surface area contributed by atoms with Gasteiger partial charge in [-0.05, 0) is 12.5 Å². The van der Waals surface area contributed by atoms with E-state index in [0.717, 1.165) is 4.91 Å². The van der Waals surface area contributed by atoms with Crippen LogP contribution in [-0.2, 0) is 15.7 Å². The Kier molecular flexibility index (Phi) is 2.60. The van der Waals surface area contributed by atoms with E-state index in [9.17, 15) is 9.59 Å². The van der Waals surface area contributed by atoms with E-state index in [1.807, 2.05) is 6.08 Å². The highest BCUT2D eigenvalue weighted by atomic mass is 32.2. The van der Waals surface area contributed by atoms with E-state index < -0.39 is 16.2 Å². The van der Waals surface area contributed by atoms with Gasteiger partial charge in [0.1, 0.15) is 22.7 Å². The first-order chi connectivity index (χ1) is 6.70. The summed E-state index contributed by atoms with van der Waals surface area (Å²) in [6.07, 6.45) is 3.16. The molecule has 0 spiro atoms. The fourth-order valence-corrected chi connectivity index (χ4v) is 3.60. The van der Waals surface area contributed by atoms with Gasteiger partial charge < -0.3 is 5.11 Å². The van der Waals surface area contributed by atoms with Crippen LogP contribution in [0.25, 0.3) is 0 Å². The van der Waals surface area contributed by atoms with Gasteiger partial charge in [0.05, 0.1) is 0 Å². The predicted molar refractivity (Wildman–Crippen MR) is 54.4 cm³/mol. The minimum absolute atomic E-state index is 0.140. The minimum Gasteiger partial charge on any atom is -0.441 e. The van der Waals surface area contributed by atoms with Crippen LogP contribution < -0.4 is 5.32 Å². The van der Waals surface area contributed by atoms with E-state index in [-0.39, 0.29) is 11.8 Å². The van der Waals surface area contributed by atoms with Crippen molar-refractivity contribution in [3.8, 4) is 0 Å². The molecule has 76 valence electrons. The van der Waals surface area contributed by atoms with E-state index in [2.05, 4.69) is 5.32 Å². The fourth-order valence-electron chi connectivity index (χ4n) is 1.85. The molecule has 0 bridgehead atoms. The third-order valence-electron chi connectivity index (χ3n) is 2.49. The van der Waals surface area contributed by atoms with Crippen LogP contribution in [0.15, 0.2) is 11.0 Å². The topological polar surface area (TPSA) is 66.4 Å². The zero-order valence-corrected chi connectivity index (χ0v) is 8.47. The maximum atomic E-state index is 11.5. The van der Waals surface area contributed by atoms with Gasteiger partial charge in [0, 0.05) is 13.0 Å². The van der Waals surface area contributed by atoms with E-state index >= 15 is 0 Å². The molecule has 4 nitrogen and oxygen atoms in total. The molecule has 0 saturated carbocycles. The summed E-state index contributed by atoms with van der Waals surface area (Å²) in [4.78, 5) is 23.3. The van der Waals surface area contributed by atoms with E-state index in [1.54, 1.807) is 0 Å². The zero-order chi connectivity index (χ0) is 10.1. The van der Waals surface area contributed by atoms with Gasteiger partial charge in [0.25, 0.3) is 0 Å². The number of hydrogen-bond donors (Lipinski definition) is 2. The van der Waals surface area contributed by atoms with E-state index in [1.165, 1.54) is 0 Å². The van der Waals surface area contributed by atoms with Crippen molar-refractivity contribution in [3.63, 3.8) is 0 Å². The lowest BCUT2D eigenvalue weighted by molar-refractivity contribution is -0.120. The van der Waals surface area contributed by atoms with Crippen LogP contribution in [-0.4, -0.2) is 34.5 Å². The number of Topliss-reactive ketones (excluding diaryl/α,β-unsaturated/α-hetero) is 1. The van der Waals surface area contributed by atoms with Crippen molar-refractivity contribution in [2.45, 2.75) is 18.9 Å². The summed E-state index contributed by atoms with van der Waals surface area (Å²) in [6.45, 7) is 0.628. The van der Waals surface area contributed by atoms with Gasteiger partial charge in [-0.3, -0.25) is 10.1 Å². The van der Waals surface area contributed by atoms with Gasteiger partial charge in [0.2, 0.25) is 0 Å². The molecule has 1 aliphatic heterocycles. The standard InChI is InChI=1S/C9H11NO3S/c11-6-2-1-3-7-8(6)10-4-5-14(7)9(12)13/h3,8,10H,1-2,4-5H2/p+1. The van der Waals surface area contributed by atoms with E-state index in [0.29, 0.717) is 25.1 Å². The molecule has 14 heavy (non-hydrogen) atoms. The summed E-state index contributed by atoms with van der Waals surface area (Å²) in [6, 6.07) is -0.308. The van der Waals surface area contributed by atoms with Crippen LogP contribution in [0.5, 0.6) is 0 Å². The van der Waals surface area contributed by atoms with Crippen LogP contribution in [0.2, 0.25) is 0 Å². The lowest BCUT2D eigenvalue weighted by Crippen LogP contribution is -2.50. The van der Waals surface area contributed by atoms with Crippen LogP contribution in [0.4, 0.5) is 4.79 Å². The smallest absolute Gasteiger partial charge is 0.441 e. The average Bonchev–Trinajstić information content (AvgIpc) is 2.17. The third-order valence-corrected chi connectivity index (χ3v) is 4.50. The van der Waals surface area contributed by atoms with Crippen molar-refractivity contribution in [1.29, 1.82) is 0 Å². The molecule has 2 aliphatic rings. The van der Waals surface area contributed by atoms with Gasteiger partial charge in [-0.2, -0.15) is 4.79 Å². The first kappa shape index (κ1) is 9.73. The molecule has 0 amide bonds. The Morgan fingerprint density at radius 1 is 1.64 bits per heavy atom. The maximum Gasteiger partial charge on any atom is 0.528 e. The second-order valence-corrected chi connectivity index (χ2v) is 5.37. The molecule has 2 unspecified atom stereocenters. The largest absolute Gasteiger partial charge is 0.528 e. The number of fused-ring (bicyclic) bond motifs is 1. The molecule has 0 aromatic heterocycles. The molecule has 0 radical (unpaired) electrons. The summed E-state index contributed by atoms with van der Waals surface area (Å²) in [5.41, 5.74) is 0. The Morgan fingerprint density at radius 3 is 3.14 bits per heavy atom. The van der Waals surface area contributed by atoms with Crippen molar-refractivity contribution in [1.82, 2.24) is 5.32 Å². The van der Waals surface area contributed by atoms with Crippen molar-refractivity contribution in [2.24, 2.45) is 0 Å². The molecule has 2 rings (SSSR count). The second kappa shape index (κ2) is 3.74. The molecular formula is C9H12NO3S+. The molecule has 5 heteroatoms. The number of ketones is 1. The Morgan fingerprint density at radius 2 is 2.43 bits per heavy atom. The molecule has 2 N–H and O–H groups in total. The normalized spacial score (nSPS) is 32.0. The molecule has 2 atom stereocenters. The summed E-state index contributed by atoms with van der Waals surface area (Å²) in [5, 5.41) is 11.3. The van der Waals surface area contributed by atoms with Crippen molar-refractivity contribution < 1.29 is 14.7 Å². The zero-order valence-electron chi connectivity index (χ0n) is 7.66. The van der Waals surface area contributed by atoms with Crippen molar-refractivity contribution in [2.75, 3.05) is 12.3 Å². The number of hydrogen-bond acceptors (Lipinski definition) is 3. The maximum absolute atomic E-state index is 11.5. The minimum atomic E-state index is -0.780. The average molecular weight is 214 g/mol. The first-order valence-corrected chi connectivity index (χ1v) is 5.99. The molecule has 1 aliphatic carbocycles.